The van der Waals surface area contributed by atoms with Crippen LogP contribution in [0.5, 0.6) is 0 Å². The summed E-state index contributed by atoms with van der Waals surface area (Å²) in [6.45, 7) is 9.08. The van der Waals surface area contributed by atoms with E-state index in [2.05, 4.69) is 30.7 Å². The molecule has 0 amide bonds. The highest BCUT2D eigenvalue weighted by Crippen LogP contribution is 2.27. The number of hydrogen-bond donors (Lipinski definition) is 0. The van der Waals surface area contributed by atoms with Crippen molar-refractivity contribution in [3.05, 3.63) is 0 Å². The highest BCUT2D eigenvalue weighted by atomic mass is 16.1. The topological polar surface area (TPSA) is 23.6 Å². The molecule has 2 rings (SSSR count). The second-order valence-corrected chi connectivity index (χ2v) is 6.50. The van der Waals surface area contributed by atoms with E-state index >= 15 is 0 Å². The summed E-state index contributed by atoms with van der Waals surface area (Å²) in [7, 11) is 2.20. The van der Waals surface area contributed by atoms with E-state index in [-0.39, 0.29) is 0 Å². The Labute approximate surface area is 112 Å². The molecule has 3 atom stereocenters. The molecule has 1 heterocycles. The fourth-order valence-corrected chi connectivity index (χ4v) is 3.48. The van der Waals surface area contributed by atoms with Crippen LogP contribution in [0.1, 0.15) is 39.5 Å². The molecule has 1 aliphatic heterocycles. The Balaban J connectivity index is 1.92. The van der Waals surface area contributed by atoms with Crippen LogP contribution in [-0.2, 0) is 4.79 Å². The van der Waals surface area contributed by atoms with E-state index in [0.717, 1.165) is 44.8 Å². The second-order valence-electron chi connectivity index (χ2n) is 6.50. The lowest BCUT2D eigenvalue weighted by Crippen LogP contribution is -2.43. The Morgan fingerprint density at radius 1 is 1.28 bits per heavy atom. The lowest BCUT2D eigenvalue weighted by Gasteiger charge is -2.34. The summed E-state index contributed by atoms with van der Waals surface area (Å²) in [5.41, 5.74) is 0. The van der Waals surface area contributed by atoms with Crippen LogP contribution in [0.25, 0.3) is 0 Å². The van der Waals surface area contributed by atoms with Gasteiger partial charge in [-0.1, -0.05) is 6.92 Å². The molecule has 3 heteroatoms. The molecule has 3 unspecified atom stereocenters. The Bertz CT molecular complexity index is 292. The van der Waals surface area contributed by atoms with Gasteiger partial charge in [-0.2, -0.15) is 0 Å². The van der Waals surface area contributed by atoms with Crippen LogP contribution in [0.2, 0.25) is 0 Å². The number of carbonyl (C=O) groups excluding carboxylic acids is 1. The Hall–Kier alpha value is -0.410. The van der Waals surface area contributed by atoms with Gasteiger partial charge in [0.15, 0.2) is 0 Å². The molecule has 0 aromatic carbocycles. The van der Waals surface area contributed by atoms with Gasteiger partial charge in [-0.3, -0.25) is 9.69 Å². The molecule has 1 aliphatic carbocycles. The van der Waals surface area contributed by atoms with E-state index in [1.165, 1.54) is 13.0 Å². The van der Waals surface area contributed by atoms with Crippen LogP contribution in [0.15, 0.2) is 0 Å². The molecule has 3 nitrogen and oxygen atoms in total. The van der Waals surface area contributed by atoms with Crippen molar-refractivity contribution in [2.45, 2.75) is 45.6 Å². The van der Waals surface area contributed by atoms with Crippen LogP contribution in [0.4, 0.5) is 0 Å². The fraction of sp³-hybridized carbons (Fsp3) is 0.933. The van der Waals surface area contributed by atoms with Gasteiger partial charge in [-0.05, 0) is 52.2 Å². The average Bonchev–Trinajstić information content (AvgIpc) is 2.46. The number of carbonyl (C=O) groups is 1. The molecule has 2 aliphatic rings. The van der Waals surface area contributed by atoms with Gasteiger partial charge in [0.2, 0.25) is 0 Å². The lowest BCUT2D eigenvalue weighted by molar-refractivity contribution is -0.126. The highest BCUT2D eigenvalue weighted by Gasteiger charge is 2.30. The number of Topliss-reactive ketones (excluding diaryl/α,β-unsaturated/α-hetero) is 1. The molecule has 104 valence electrons. The first-order valence-corrected chi connectivity index (χ1v) is 7.51. The predicted octanol–water partition coefficient (Wildman–Crippen LogP) is 2.02. The summed E-state index contributed by atoms with van der Waals surface area (Å²) in [6.07, 6.45) is 4.26. The van der Waals surface area contributed by atoms with Crippen molar-refractivity contribution in [1.82, 2.24) is 9.80 Å². The first-order chi connectivity index (χ1) is 8.56. The van der Waals surface area contributed by atoms with Crippen LogP contribution in [-0.4, -0.2) is 54.9 Å². The van der Waals surface area contributed by atoms with E-state index in [1.54, 1.807) is 0 Å². The zero-order chi connectivity index (χ0) is 13.1. The predicted molar refractivity (Wildman–Crippen MR) is 74.7 cm³/mol. The first-order valence-electron chi connectivity index (χ1n) is 7.51. The number of likely N-dealkylation sites (N-methyl/N-ethyl adjacent to an activating group) is 1. The van der Waals surface area contributed by atoms with Crippen LogP contribution >= 0.6 is 0 Å². The van der Waals surface area contributed by atoms with E-state index < -0.39 is 0 Å². The first kappa shape index (κ1) is 14.0. The van der Waals surface area contributed by atoms with E-state index in [4.69, 9.17) is 0 Å². The molecule has 2 fully saturated rings. The zero-order valence-corrected chi connectivity index (χ0v) is 12.2. The van der Waals surface area contributed by atoms with Crippen molar-refractivity contribution in [2.24, 2.45) is 11.8 Å². The maximum atomic E-state index is 12.0. The molecule has 0 aromatic rings. The smallest absolute Gasteiger partial charge is 0.137 e. The largest absolute Gasteiger partial charge is 0.305 e. The minimum atomic E-state index is 0.305. The molecular formula is C15H28N2O. The molecule has 1 saturated carbocycles. The van der Waals surface area contributed by atoms with Crippen molar-refractivity contribution < 1.29 is 4.79 Å². The standard InChI is InChI=1S/C15H28N2O/c1-12-5-6-15(18)14(9-12)11-17-8-4-7-16(3)10-13(17)2/h12-14H,4-11H2,1-3H3. The van der Waals surface area contributed by atoms with Crippen molar-refractivity contribution in [1.29, 1.82) is 0 Å². The van der Waals surface area contributed by atoms with Crippen LogP contribution < -0.4 is 0 Å². The average molecular weight is 252 g/mol. The van der Waals surface area contributed by atoms with Gasteiger partial charge in [0, 0.05) is 31.5 Å². The Morgan fingerprint density at radius 2 is 2.06 bits per heavy atom. The van der Waals surface area contributed by atoms with Gasteiger partial charge in [-0.15, -0.1) is 0 Å². The third-order valence-electron chi connectivity index (χ3n) is 4.67. The van der Waals surface area contributed by atoms with E-state index in [0.29, 0.717) is 17.7 Å². The van der Waals surface area contributed by atoms with E-state index in [1.807, 2.05) is 0 Å². The van der Waals surface area contributed by atoms with Gasteiger partial charge >= 0.3 is 0 Å². The van der Waals surface area contributed by atoms with Crippen molar-refractivity contribution in [3.8, 4) is 0 Å². The molecule has 0 spiro atoms. The van der Waals surface area contributed by atoms with Gasteiger partial charge < -0.3 is 4.90 Å². The minimum Gasteiger partial charge on any atom is -0.305 e. The molecule has 0 radical (unpaired) electrons. The third-order valence-corrected chi connectivity index (χ3v) is 4.67. The Kier molecular flexibility index (Phi) is 4.79. The quantitative estimate of drug-likeness (QED) is 0.751. The maximum Gasteiger partial charge on any atom is 0.137 e. The molecular weight excluding hydrogens is 224 g/mol. The van der Waals surface area contributed by atoms with Gasteiger partial charge in [-0.25, -0.2) is 0 Å². The zero-order valence-electron chi connectivity index (χ0n) is 12.2. The van der Waals surface area contributed by atoms with Crippen LogP contribution in [0, 0.1) is 11.8 Å². The summed E-state index contributed by atoms with van der Waals surface area (Å²) in [4.78, 5) is 17.0. The number of ketones is 1. The highest BCUT2D eigenvalue weighted by molar-refractivity contribution is 5.81. The summed E-state index contributed by atoms with van der Waals surface area (Å²) < 4.78 is 0. The van der Waals surface area contributed by atoms with Gasteiger partial charge in [0.25, 0.3) is 0 Å². The number of rotatable bonds is 2. The molecule has 0 bridgehead atoms. The summed E-state index contributed by atoms with van der Waals surface area (Å²) in [5.74, 6) is 1.55. The summed E-state index contributed by atoms with van der Waals surface area (Å²) in [6, 6.07) is 0.586. The third kappa shape index (κ3) is 3.55. The molecule has 0 N–H and O–H groups in total. The maximum absolute atomic E-state index is 12.0. The monoisotopic (exact) mass is 252 g/mol. The number of nitrogens with zero attached hydrogens (tertiary/aromatic N) is 2. The van der Waals surface area contributed by atoms with E-state index in [9.17, 15) is 4.79 Å². The molecule has 18 heavy (non-hydrogen) atoms. The van der Waals surface area contributed by atoms with Crippen molar-refractivity contribution in [2.75, 3.05) is 33.2 Å². The second kappa shape index (κ2) is 6.16. The summed E-state index contributed by atoms with van der Waals surface area (Å²) >= 11 is 0. The summed E-state index contributed by atoms with van der Waals surface area (Å²) in [5, 5.41) is 0. The molecule has 1 saturated heterocycles. The normalized spacial score (nSPS) is 36.6. The number of hydrogen-bond acceptors (Lipinski definition) is 3. The minimum absolute atomic E-state index is 0.305. The van der Waals surface area contributed by atoms with Gasteiger partial charge in [0.05, 0.1) is 0 Å². The van der Waals surface area contributed by atoms with Crippen molar-refractivity contribution in [3.63, 3.8) is 0 Å². The van der Waals surface area contributed by atoms with Crippen molar-refractivity contribution >= 4 is 5.78 Å². The lowest BCUT2D eigenvalue weighted by atomic mass is 9.81. The Morgan fingerprint density at radius 3 is 2.83 bits per heavy atom. The SMILES string of the molecule is CC1CCC(=O)C(CN2CCCN(C)CC2C)C1. The molecule has 0 aromatic heterocycles. The fourth-order valence-electron chi connectivity index (χ4n) is 3.48. The van der Waals surface area contributed by atoms with Crippen LogP contribution in [0.3, 0.4) is 0 Å². The van der Waals surface area contributed by atoms with Gasteiger partial charge in [0.1, 0.15) is 5.78 Å².